The van der Waals surface area contributed by atoms with E-state index in [1.165, 1.54) is 12.0 Å². The lowest BCUT2D eigenvalue weighted by molar-refractivity contribution is -0.159. The summed E-state index contributed by atoms with van der Waals surface area (Å²) in [4.78, 5) is 43.2. The maximum atomic E-state index is 13.4. The summed E-state index contributed by atoms with van der Waals surface area (Å²) in [6.45, 7) is 2.76. The molecule has 3 aliphatic heterocycles. The number of ether oxygens (including phenoxy) is 2. The number of esters is 1. The zero-order valence-electron chi connectivity index (χ0n) is 19.1. The van der Waals surface area contributed by atoms with Crippen LogP contribution in [0.4, 0.5) is 0 Å². The molecule has 0 bridgehead atoms. The number of benzene rings is 2. The molecule has 7 heteroatoms. The van der Waals surface area contributed by atoms with Crippen molar-refractivity contribution in [2.24, 2.45) is 11.8 Å². The summed E-state index contributed by atoms with van der Waals surface area (Å²) in [5, 5.41) is 0. The van der Waals surface area contributed by atoms with Crippen LogP contribution in [0.5, 0.6) is 5.75 Å². The first kappa shape index (κ1) is 21.6. The van der Waals surface area contributed by atoms with Gasteiger partial charge in [0.2, 0.25) is 11.8 Å². The molecule has 3 unspecified atom stereocenters. The number of rotatable bonds is 5. The van der Waals surface area contributed by atoms with Gasteiger partial charge in [-0.05, 0) is 55.1 Å². The van der Waals surface area contributed by atoms with Crippen LogP contribution in [-0.2, 0) is 19.1 Å². The van der Waals surface area contributed by atoms with Gasteiger partial charge in [-0.15, -0.1) is 0 Å². The van der Waals surface area contributed by atoms with E-state index in [2.05, 4.69) is 4.90 Å². The SMILES string of the molecule is CCN1C(=O)C2C(c3ccc(-c4ccc(OC)cc4)cc3)N3CCC[C@@]3(C(=O)OC)C2C1=O. The molecule has 0 N–H and O–H groups in total. The van der Waals surface area contributed by atoms with Crippen molar-refractivity contribution >= 4 is 17.8 Å². The average Bonchev–Trinajstić information content (AvgIpc) is 3.47. The van der Waals surface area contributed by atoms with Crippen LogP contribution >= 0.6 is 0 Å². The lowest BCUT2D eigenvalue weighted by Gasteiger charge is -2.36. The molecule has 3 saturated heterocycles. The van der Waals surface area contributed by atoms with Crippen molar-refractivity contribution in [1.29, 1.82) is 0 Å². The van der Waals surface area contributed by atoms with E-state index in [1.807, 2.05) is 48.5 Å². The van der Waals surface area contributed by atoms with Crippen LogP contribution in [-0.4, -0.2) is 60.4 Å². The molecule has 5 rings (SSSR count). The van der Waals surface area contributed by atoms with Crippen LogP contribution in [0.25, 0.3) is 11.1 Å². The summed E-state index contributed by atoms with van der Waals surface area (Å²) < 4.78 is 10.4. The minimum Gasteiger partial charge on any atom is -0.497 e. The van der Waals surface area contributed by atoms with Gasteiger partial charge in [0.1, 0.15) is 11.3 Å². The van der Waals surface area contributed by atoms with E-state index >= 15 is 0 Å². The highest BCUT2D eigenvalue weighted by atomic mass is 16.5. The van der Waals surface area contributed by atoms with Gasteiger partial charge in [0, 0.05) is 12.6 Å². The molecule has 0 saturated carbocycles. The summed E-state index contributed by atoms with van der Waals surface area (Å²) in [7, 11) is 3.00. The molecule has 3 aliphatic rings. The molecule has 0 aromatic heterocycles. The molecular formula is C26H28N2O5. The van der Waals surface area contributed by atoms with E-state index in [1.54, 1.807) is 14.0 Å². The van der Waals surface area contributed by atoms with Crippen molar-refractivity contribution in [3.63, 3.8) is 0 Å². The number of hydrogen-bond acceptors (Lipinski definition) is 6. The Kier molecular flexibility index (Phi) is 5.24. The van der Waals surface area contributed by atoms with Gasteiger partial charge in [-0.2, -0.15) is 0 Å². The standard InChI is InChI=1S/C26H28N2O5/c1-4-27-23(29)20-21(24(27)30)26(25(31)33-3)14-5-15-28(26)22(20)18-8-6-16(7-9-18)17-10-12-19(32-2)13-11-17/h6-13,20-22H,4-5,14-15H2,1-3H3/t20?,21?,22?,26-/m0/s1. The second kappa shape index (κ2) is 7.99. The van der Waals surface area contributed by atoms with Crippen molar-refractivity contribution in [2.75, 3.05) is 27.3 Å². The van der Waals surface area contributed by atoms with E-state index in [4.69, 9.17) is 9.47 Å². The number of fused-ring (bicyclic) bond motifs is 3. The summed E-state index contributed by atoms with van der Waals surface area (Å²) >= 11 is 0. The smallest absolute Gasteiger partial charge is 0.327 e. The van der Waals surface area contributed by atoms with Crippen molar-refractivity contribution in [2.45, 2.75) is 31.3 Å². The Morgan fingerprint density at radius 3 is 2.21 bits per heavy atom. The van der Waals surface area contributed by atoms with Crippen LogP contribution in [0, 0.1) is 11.8 Å². The molecule has 3 heterocycles. The monoisotopic (exact) mass is 448 g/mol. The zero-order valence-corrected chi connectivity index (χ0v) is 19.1. The van der Waals surface area contributed by atoms with Crippen LogP contribution in [0.2, 0.25) is 0 Å². The number of imide groups is 1. The predicted molar refractivity (Wildman–Crippen MR) is 121 cm³/mol. The maximum absolute atomic E-state index is 13.4. The Bertz CT molecular complexity index is 1100. The molecule has 2 amide bonds. The van der Waals surface area contributed by atoms with Crippen molar-refractivity contribution in [3.8, 4) is 16.9 Å². The average molecular weight is 449 g/mol. The summed E-state index contributed by atoms with van der Waals surface area (Å²) in [6, 6.07) is 15.6. The molecule has 0 spiro atoms. The Morgan fingerprint density at radius 2 is 1.64 bits per heavy atom. The van der Waals surface area contributed by atoms with Gasteiger partial charge in [-0.3, -0.25) is 24.2 Å². The van der Waals surface area contributed by atoms with Crippen LogP contribution < -0.4 is 4.74 Å². The Balaban J connectivity index is 1.56. The third-order valence-electron chi connectivity index (χ3n) is 7.63. The molecule has 2 aromatic carbocycles. The number of methoxy groups -OCH3 is 2. The highest BCUT2D eigenvalue weighted by Crippen LogP contribution is 2.59. The Labute approximate surface area is 193 Å². The number of likely N-dealkylation sites (tertiary alicyclic amines) is 1. The summed E-state index contributed by atoms with van der Waals surface area (Å²) in [5.41, 5.74) is 1.96. The third-order valence-corrected chi connectivity index (χ3v) is 7.63. The zero-order chi connectivity index (χ0) is 23.3. The van der Waals surface area contributed by atoms with E-state index in [9.17, 15) is 14.4 Å². The van der Waals surface area contributed by atoms with Gasteiger partial charge < -0.3 is 9.47 Å². The molecule has 0 aliphatic carbocycles. The number of carbonyl (C=O) groups is 3. The number of hydrogen-bond donors (Lipinski definition) is 0. The number of nitrogens with zero attached hydrogens (tertiary/aromatic N) is 2. The molecule has 172 valence electrons. The van der Waals surface area contributed by atoms with Crippen molar-refractivity contribution in [1.82, 2.24) is 9.80 Å². The lowest BCUT2D eigenvalue weighted by Crippen LogP contribution is -2.54. The first-order valence-electron chi connectivity index (χ1n) is 11.4. The van der Waals surface area contributed by atoms with Crippen molar-refractivity contribution < 1.29 is 23.9 Å². The summed E-state index contributed by atoms with van der Waals surface area (Å²) in [6.07, 6.45) is 1.31. The van der Waals surface area contributed by atoms with Gasteiger partial charge in [-0.25, -0.2) is 0 Å². The molecule has 0 radical (unpaired) electrons. The summed E-state index contributed by atoms with van der Waals surface area (Å²) in [5.74, 6) is -1.33. The lowest BCUT2D eigenvalue weighted by atomic mass is 9.77. The fourth-order valence-electron chi connectivity index (χ4n) is 6.23. The first-order chi connectivity index (χ1) is 16.0. The second-order valence-corrected chi connectivity index (χ2v) is 8.93. The quantitative estimate of drug-likeness (QED) is 0.517. The first-order valence-corrected chi connectivity index (χ1v) is 11.4. The highest BCUT2D eigenvalue weighted by molar-refractivity contribution is 6.09. The largest absolute Gasteiger partial charge is 0.497 e. The van der Waals surface area contributed by atoms with Gasteiger partial charge in [0.15, 0.2) is 0 Å². The minimum absolute atomic E-state index is 0.186. The molecule has 33 heavy (non-hydrogen) atoms. The van der Waals surface area contributed by atoms with Gasteiger partial charge in [-0.1, -0.05) is 36.4 Å². The number of carbonyl (C=O) groups excluding carboxylic acids is 3. The van der Waals surface area contributed by atoms with E-state index in [0.717, 1.165) is 28.9 Å². The molecular weight excluding hydrogens is 420 g/mol. The van der Waals surface area contributed by atoms with Crippen LogP contribution in [0.15, 0.2) is 48.5 Å². The molecule has 3 fully saturated rings. The second-order valence-electron chi connectivity index (χ2n) is 8.93. The third kappa shape index (κ3) is 2.95. The number of amides is 2. The van der Waals surface area contributed by atoms with Gasteiger partial charge in [0.05, 0.1) is 26.1 Å². The molecule has 4 atom stereocenters. The van der Waals surface area contributed by atoms with E-state index in [0.29, 0.717) is 19.5 Å². The van der Waals surface area contributed by atoms with Gasteiger partial charge in [0.25, 0.3) is 0 Å². The van der Waals surface area contributed by atoms with Crippen molar-refractivity contribution in [3.05, 3.63) is 54.1 Å². The Morgan fingerprint density at radius 1 is 1.00 bits per heavy atom. The normalized spacial score (nSPS) is 28.7. The maximum Gasteiger partial charge on any atom is 0.327 e. The van der Waals surface area contributed by atoms with E-state index in [-0.39, 0.29) is 17.9 Å². The topological polar surface area (TPSA) is 76.2 Å². The Hall–Kier alpha value is -3.19. The van der Waals surface area contributed by atoms with E-state index < -0.39 is 23.3 Å². The highest BCUT2D eigenvalue weighted by Gasteiger charge is 2.73. The predicted octanol–water partition coefficient (Wildman–Crippen LogP) is 3.05. The van der Waals surface area contributed by atoms with Gasteiger partial charge >= 0.3 is 5.97 Å². The minimum atomic E-state index is -1.07. The fourth-order valence-corrected chi connectivity index (χ4v) is 6.23. The fraction of sp³-hybridized carbons (Fsp3) is 0.423. The van der Waals surface area contributed by atoms with Crippen LogP contribution in [0.3, 0.4) is 0 Å². The van der Waals surface area contributed by atoms with Crippen LogP contribution in [0.1, 0.15) is 31.4 Å². The molecule has 7 nitrogen and oxygen atoms in total. The molecule has 2 aromatic rings.